The van der Waals surface area contributed by atoms with Crippen LogP contribution in [-0.2, 0) is 10.0 Å². The maximum absolute atomic E-state index is 13.5. The molecule has 0 bridgehead atoms. The molecule has 0 aliphatic heterocycles. The van der Waals surface area contributed by atoms with Crippen LogP contribution in [0.1, 0.15) is 11.4 Å². The molecular formula is C13H13FN4O2S. The molecule has 0 saturated heterocycles. The number of nitrogens with one attached hydrogen (secondary N) is 2. The van der Waals surface area contributed by atoms with Crippen molar-refractivity contribution in [1.82, 2.24) is 9.97 Å². The lowest BCUT2D eigenvalue weighted by Crippen LogP contribution is -2.13. The number of H-pyrrole nitrogens is 1. The Kier molecular flexibility index (Phi) is 4.26. The number of aromatic amines is 1. The van der Waals surface area contributed by atoms with Gasteiger partial charge in [-0.25, -0.2) is 9.37 Å². The molecule has 2 rings (SSSR count). The topological polar surface area (TPSA) is 101 Å². The monoisotopic (exact) mass is 308 g/mol. The summed E-state index contributed by atoms with van der Waals surface area (Å²) in [4.78, 5) is 6.44. The highest BCUT2D eigenvalue weighted by atomic mass is 32.2. The van der Waals surface area contributed by atoms with Crippen LogP contribution in [0.4, 0.5) is 10.1 Å². The molecule has 21 heavy (non-hydrogen) atoms. The van der Waals surface area contributed by atoms with Crippen molar-refractivity contribution >= 4 is 15.7 Å². The van der Waals surface area contributed by atoms with Gasteiger partial charge in [0.2, 0.25) is 0 Å². The quantitative estimate of drug-likeness (QED) is 0.735. The van der Waals surface area contributed by atoms with Crippen LogP contribution in [-0.4, -0.2) is 24.9 Å². The molecule has 110 valence electrons. The second-order valence-corrected chi connectivity index (χ2v) is 5.79. The summed E-state index contributed by atoms with van der Waals surface area (Å²) >= 11 is 0. The summed E-state index contributed by atoms with van der Waals surface area (Å²) in [7, 11) is -3.81. The first kappa shape index (κ1) is 15.0. The molecule has 0 radical (unpaired) electrons. The number of aromatic nitrogens is 2. The molecule has 1 heterocycles. The van der Waals surface area contributed by atoms with Gasteiger partial charge in [0.05, 0.1) is 24.0 Å². The SMILES string of the molecule is Cc1ncc(S(=O)(=O)Nc2ccc(F)c(C#CCN)c2)[nH]1. The molecule has 8 heteroatoms. The van der Waals surface area contributed by atoms with E-state index in [0.29, 0.717) is 5.82 Å². The van der Waals surface area contributed by atoms with Crippen molar-refractivity contribution in [3.63, 3.8) is 0 Å². The third kappa shape index (κ3) is 3.59. The fraction of sp³-hybridized carbons (Fsp3) is 0.154. The summed E-state index contributed by atoms with van der Waals surface area (Å²) in [5.74, 6) is 4.98. The van der Waals surface area contributed by atoms with Gasteiger partial charge in [-0.05, 0) is 25.1 Å². The summed E-state index contributed by atoms with van der Waals surface area (Å²) < 4.78 is 40.0. The normalized spacial score (nSPS) is 10.8. The van der Waals surface area contributed by atoms with E-state index in [0.717, 1.165) is 6.07 Å². The smallest absolute Gasteiger partial charge is 0.278 e. The molecule has 4 N–H and O–H groups in total. The molecule has 0 saturated carbocycles. The summed E-state index contributed by atoms with van der Waals surface area (Å²) in [5, 5.41) is -0.0704. The van der Waals surface area contributed by atoms with E-state index >= 15 is 0 Å². The molecule has 0 aliphatic rings. The zero-order valence-electron chi connectivity index (χ0n) is 11.1. The average molecular weight is 308 g/mol. The van der Waals surface area contributed by atoms with Gasteiger partial charge in [-0.1, -0.05) is 11.8 Å². The predicted octanol–water partition coefficient (Wildman–Crippen LogP) is 0.968. The molecule has 1 aromatic heterocycles. The number of rotatable bonds is 3. The lowest BCUT2D eigenvalue weighted by Gasteiger charge is -2.07. The first-order valence-electron chi connectivity index (χ1n) is 5.95. The molecular weight excluding hydrogens is 295 g/mol. The first-order chi connectivity index (χ1) is 9.92. The van der Waals surface area contributed by atoms with E-state index in [9.17, 15) is 12.8 Å². The van der Waals surface area contributed by atoms with Crippen LogP contribution in [0.15, 0.2) is 29.4 Å². The van der Waals surface area contributed by atoms with Crippen molar-refractivity contribution in [3.8, 4) is 11.8 Å². The Balaban J connectivity index is 2.31. The van der Waals surface area contributed by atoms with Crippen molar-refractivity contribution in [2.24, 2.45) is 5.73 Å². The number of benzene rings is 1. The highest BCUT2D eigenvalue weighted by molar-refractivity contribution is 7.92. The number of hydrogen-bond donors (Lipinski definition) is 3. The molecule has 0 aliphatic carbocycles. The molecule has 2 aromatic rings. The minimum absolute atomic E-state index is 0.0704. The Morgan fingerprint density at radius 1 is 1.48 bits per heavy atom. The van der Waals surface area contributed by atoms with Crippen LogP contribution >= 0.6 is 0 Å². The van der Waals surface area contributed by atoms with Crippen LogP contribution in [0, 0.1) is 24.6 Å². The highest BCUT2D eigenvalue weighted by Crippen LogP contribution is 2.18. The molecule has 6 nitrogen and oxygen atoms in total. The Labute approximate surface area is 121 Å². The van der Waals surface area contributed by atoms with Gasteiger partial charge in [-0.15, -0.1) is 0 Å². The van der Waals surface area contributed by atoms with Gasteiger partial charge in [0.1, 0.15) is 11.6 Å². The van der Waals surface area contributed by atoms with E-state index < -0.39 is 15.8 Å². The number of imidazole rings is 1. The van der Waals surface area contributed by atoms with Gasteiger partial charge in [-0.3, -0.25) is 4.72 Å². The van der Waals surface area contributed by atoms with Crippen molar-refractivity contribution in [3.05, 3.63) is 41.6 Å². The number of halogens is 1. The van der Waals surface area contributed by atoms with Crippen LogP contribution in [0.25, 0.3) is 0 Å². The Morgan fingerprint density at radius 3 is 2.86 bits per heavy atom. The van der Waals surface area contributed by atoms with Gasteiger partial charge in [0.15, 0.2) is 5.03 Å². The van der Waals surface area contributed by atoms with Crippen molar-refractivity contribution < 1.29 is 12.8 Å². The lowest BCUT2D eigenvalue weighted by atomic mass is 10.2. The van der Waals surface area contributed by atoms with E-state index in [4.69, 9.17) is 5.73 Å². The molecule has 0 unspecified atom stereocenters. The maximum atomic E-state index is 13.5. The van der Waals surface area contributed by atoms with Crippen LogP contribution in [0.2, 0.25) is 0 Å². The van der Waals surface area contributed by atoms with Gasteiger partial charge < -0.3 is 10.7 Å². The molecule has 0 amide bonds. The van der Waals surface area contributed by atoms with Gasteiger partial charge in [-0.2, -0.15) is 8.42 Å². The minimum Gasteiger partial charge on any atom is -0.332 e. The number of hydrogen-bond acceptors (Lipinski definition) is 4. The van der Waals surface area contributed by atoms with Crippen LogP contribution in [0.3, 0.4) is 0 Å². The molecule has 0 fully saturated rings. The Hall–Kier alpha value is -2.37. The van der Waals surface area contributed by atoms with Crippen LogP contribution in [0.5, 0.6) is 0 Å². The van der Waals surface area contributed by atoms with Gasteiger partial charge in [0.25, 0.3) is 10.0 Å². The summed E-state index contributed by atoms with van der Waals surface area (Å²) in [6.07, 6.45) is 1.20. The summed E-state index contributed by atoms with van der Waals surface area (Å²) in [5.41, 5.74) is 5.50. The van der Waals surface area contributed by atoms with Crippen molar-refractivity contribution in [2.45, 2.75) is 11.9 Å². The predicted molar refractivity (Wildman–Crippen MR) is 76.5 cm³/mol. The average Bonchev–Trinajstić information content (AvgIpc) is 2.86. The minimum atomic E-state index is -3.81. The number of nitrogens with two attached hydrogens (primary N) is 1. The van der Waals surface area contributed by atoms with Gasteiger partial charge in [0, 0.05) is 0 Å². The largest absolute Gasteiger partial charge is 0.332 e. The second kappa shape index (κ2) is 5.95. The maximum Gasteiger partial charge on any atom is 0.278 e. The number of anilines is 1. The van der Waals surface area contributed by atoms with E-state index in [1.165, 1.54) is 18.3 Å². The Morgan fingerprint density at radius 2 is 2.24 bits per heavy atom. The van der Waals surface area contributed by atoms with Gasteiger partial charge >= 0.3 is 0 Å². The number of aryl methyl sites for hydroxylation is 1. The van der Waals surface area contributed by atoms with E-state index in [1.54, 1.807) is 6.92 Å². The fourth-order valence-corrected chi connectivity index (χ4v) is 2.60. The first-order valence-corrected chi connectivity index (χ1v) is 7.43. The molecule has 0 atom stereocenters. The Bertz CT molecular complexity index is 818. The number of nitrogens with zero attached hydrogens (tertiary/aromatic N) is 1. The second-order valence-electron chi connectivity index (χ2n) is 4.14. The fourth-order valence-electron chi connectivity index (χ4n) is 1.58. The van der Waals surface area contributed by atoms with E-state index in [2.05, 4.69) is 26.5 Å². The van der Waals surface area contributed by atoms with Crippen molar-refractivity contribution in [1.29, 1.82) is 0 Å². The number of sulfonamides is 1. The lowest BCUT2D eigenvalue weighted by molar-refractivity contribution is 0.598. The zero-order chi connectivity index (χ0) is 15.5. The highest BCUT2D eigenvalue weighted by Gasteiger charge is 2.17. The standard InChI is InChI=1S/C13H13FN4O2S/c1-9-16-8-13(17-9)21(19,20)18-11-4-5-12(14)10(7-11)3-2-6-15/h4-5,7-8,18H,6,15H2,1H3,(H,16,17). The van der Waals surface area contributed by atoms with E-state index in [-0.39, 0.29) is 22.8 Å². The van der Waals surface area contributed by atoms with Crippen LogP contribution < -0.4 is 10.5 Å². The third-order valence-corrected chi connectivity index (χ3v) is 3.80. The summed E-state index contributed by atoms with van der Waals surface area (Å²) in [6, 6.07) is 3.75. The third-order valence-electron chi connectivity index (χ3n) is 2.51. The molecule has 1 aromatic carbocycles. The van der Waals surface area contributed by atoms with Crippen molar-refractivity contribution in [2.75, 3.05) is 11.3 Å². The summed E-state index contributed by atoms with van der Waals surface area (Å²) in [6.45, 7) is 1.72. The zero-order valence-corrected chi connectivity index (χ0v) is 12.0. The molecule has 0 spiro atoms. The van der Waals surface area contributed by atoms with E-state index in [1.807, 2.05) is 0 Å².